The predicted octanol–water partition coefficient (Wildman–Crippen LogP) is 4.05. The monoisotopic (exact) mass is 551 g/mol. The van der Waals surface area contributed by atoms with Gasteiger partial charge in [-0.1, -0.05) is 44.2 Å². The van der Waals surface area contributed by atoms with Crippen LogP contribution in [0.5, 0.6) is 6.01 Å². The van der Waals surface area contributed by atoms with E-state index in [-0.39, 0.29) is 27.1 Å². The molecule has 1 aliphatic rings. The first-order chi connectivity index (χ1) is 18.7. The molecule has 4 aromatic rings. The Balaban J connectivity index is 1.46. The van der Waals surface area contributed by atoms with Gasteiger partial charge >= 0.3 is 11.0 Å². The third kappa shape index (κ3) is 6.05. The highest BCUT2D eigenvalue weighted by molar-refractivity contribution is 7.17. The van der Waals surface area contributed by atoms with Crippen LogP contribution in [-0.2, 0) is 10.2 Å². The highest BCUT2D eigenvalue weighted by atomic mass is 32.1. The molecule has 0 atom stereocenters. The third-order valence-electron chi connectivity index (χ3n) is 6.36. The minimum atomic E-state index is -0.528. The Morgan fingerprint density at radius 1 is 1.15 bits per heavy atom. The van der Waals surface area contributed by atoms with Gasteiger partial charge in [0.05, 0.1) is 40.3 Å². The molecule has 1 N–H and O–H groups in total. The third-order valence-corrected chi connectivity index (χ3v) is 7.39. The van der Waals surface area contributed by atoms with Crippen LogP contribution in [0.1, 0.15) is 36.0 Å². The summed E-state index contributed by atoms with van der Waals surface area (Å²) in [5.74, 6) is -0.311. The zero-order valence-electron chi connectivity index (χ0n) is 21.9. The second-order valence-corrected chi connectivity index (χ2v) is 11.2. The molecule has 39 heavy (non-hydrogen) atoms. The van der Waals surface area contributed by atoms with E-state index in [2.05, 4.69) is 58.2 Å². The molecule has 1 fully saturated rings. The van der Waals surface area contributed by atoms with Crippen LogP contribution in [0.3, 0.4) is 0 Å². The summed E-state index contributed by atoms with van der Waals surface area (Å²) >= 11 is 0.791. The van der Waals surface area contributed by atoms with Crippen LogP contribution in [0.2, 0.25) is 0 Å². The molecule has 0 aliphatic carbocycles. The van der Waals surface area contributed by atoms with Gasteiger partial charge in [-0.05, 0) is 29.2 Å². The first kappa shape index (κ1) is 26.7. The molecule has 4 heterocycles. The number of aromatic nitrogens is 4. The van der Waals surface area contributed by atoms with E-state index in [1.54, 1.807) is 10.9 Å². The van der Waals surface area contributed by atoms with Crippen molar-refractivity contribution in [3.63, 3.8) is 0 Å². The van der Waals surface area contributed by atoms with Crippen LogP contribution in [0.4, 0.5) is 10.8 Å². The first-order valence-corrected chi connectivity index (χ1v) is 13.4. The summed E-state index contributed by atoms with van der Waals surface area (Å²) in [5.41, 5.74) is 2.44. The Bertz CT molecular complexity index is 1490. The Labute approximate surface area is 228 Å². The van der Waals surface area contributed by atoms with Gasteiger partial charge in [-0.3, -0.25) is 19.8 Å². The molecule has 3 aromatic heterocycles. The van der Waals surface area contributed by atoms with Gasteiger partial charge in [-0.15, -0.1) is 0 Å². The number of carbonyl (C=O) groups is 1. The number of ether oxygens (including phenoxy) is 2. The van der Waals surface area contributed by atoms with Crippen LogP contribution >= 0.6 is 11.3 Å². The summed E-state index contributed by atoms with van der Waals surface area (Å²) in [4.78, 5) is 35.0. The van der Waals surface area contributed by atoms with Crippen molar-refractivity contribution in [1.29, 1.82) is 0 Å². The number of fused-ring (bicyclic) bond motifs is 1. The maximum absolute atomic E-state index is 13.0. The molecule has 13 heteroatoms. The van der Waals surface area contributed by atoms with E-state index >= 15 is 0 Å². The SMILES string of the molecule is CC(C)(C)c1ccc(-n2ncc3c(NC(=O)c4ccc([N+](=O)[O-])s4)nc(OCCN4CCOCC4)nc32)cc1. The van der Waals surface area contributed by atoms with Crippen molar-refractivity contribution in [3.8, 4) is 11.7 Å². The lowest BCUT2D eigenvalue weighted by atomic mass is 9.87. The van der Waals surface area contributed by atoms with Crippen LogP contribution in [0, 0.1) is 10.1 Å². The molecule has 0 saturated carbocycles. The van der Waals surface area contributed by atoms with E-state index in [1.165, 1.54) is 17.7 Å². The number of nitrogens with one attached hydrogen (secondary N) is 1. The second kappa shape index (κ2) is 11.0. The summed E-state index contributed by atoms with van der Waals surface area (Å²) in [6, 6.07) is 10.8. The molecule has 1 aliphatic heterocycles. The zero-order chi connectivity index (χ0) is 27.6. The Hall–Kier alpha value is -3.94. The Kier molecular flexibility index (Phi) is 7.55. The Morgan fingerprint density at radius 2 is 1.90 bits per heavy atom. The molecule has 0 unspecified atom stereocenters. The summed E-state index contributed by atoms with van der Waals surface area (Å²) < 4.78 is 13.0. The minimum absolute atomic E-state index is 0.00267. The van der Waals surface area contributed by atoms with Gasteiger partial charge in [0, 0.05) is 25.7 Å². The number of amides is 1. The number of hydrogen-bond donors (Lipinski definition) is 1. The number of rotatable bonds is 8. The predicted molar refractivity (Wildman–Crippen MR) is 147 cm³/mol. The number of thiophene rings is 1. The fourth-order valence-electron chi connectivity index (χ4n) is 4.15. The lowest BCUT2D eigenvalue weighted by molar-refractivity contribution is -0.380. The van der Waals surface area contributed by atoms with Gasteiger partial charge in [-0.2, -0.15) is 15.1 Å². The van der Waals surface area contributed by atoms with E-state index in [0.29, 0.717) is 37.4 Å². The highest BCUT2D eigenvalue weighted by Gasteiger charge is 2.21. The summed E-state index contributed by atoms with van der Waals surface area (Å²) in [6.07, 6.45) is 1.58. The molecular formula is C26H29N7O5S. The fraction of sp³-hybridized carbons (Fsp3) is 0.385. The van der Waals surface area contributed by atoms with E-state index < -0.39 is 10.8 Å². The van der Waals surface area contributed by atoms with E-state index in [4.69, 9.17) is 9.47 Å². The quantitative estimate of drug-likeness (QED) is 0.254. The smallest absolute Gasteiger partial charge is 0.324 e. The summed E-state index contributed by atoms with van der Waals surface area (Å²) in [5, 5.41) is 18.7. The van der Waals surface area contributed by atoms with Gasteiger partial charge in [0.25, 0.3) is 5.91 Å². The van der Waals surface area contributed by atoms with Crippen LogP contribution in [0.25, 0.3) is 16.7 Å². The molecule has 5 rings (SSSR count). The molecule has 0 spiro atoms. The van der Waals surface area contributed by atoms with Crippen LogP contribution < -0.4 is 10.1 Å². The maximum atomic E-state index is 13.0. The van der Waals surface area contributed by atoms with Gasteiger partial charge in [0.15, 0.2) is 11.5 Å². The molecule has 1 aromatic carbocycles. The van der Waals surface area contributed by atoms with Crippen molar-refractivity contribution in [2.24, 2.45) is 0 Å². The average molecular weight is 552 g/mol. The minimum Gasteiger partial charge on any atom is -0.462 e. The van der Waals surface area contributed by atoms with E-state index in [9.17, 15) is 14.9 Å². The lowest BCUT2D eigenvalue weighted by Gasteiger charge is -2.26. The maximum Gasteiger partial charge on any atom is 0.324 e. The Morgan fingerprint density at radius 3 is 2.56 bits per heavy atom. The zero-order valence-corrected chi connectivity index (χ0v) is 22.7. The van der Waals surface area contributed by atoms with Gasteiger partial charge in [0.1, 0.15) is 6.61 Å². The molecule has 204 valence electrons. The van der Waals surface area contributed by atoms with Gasteiger partial charge < -0.3 is 14.8 Å². The van der Waals surface area contributed by atoms with Crippen LogP contribution in [0.15, 0.2) is 42.6 Å². The molecule has 0 bridgehead atoms. The number of benzene rings is 1. The van der Waals surface area contributed by atoms with Crippen molar-refractivity contribution in [3.05, 3.63) is 63.1 Å². The van der Waals surface area contributed by atoms with Crippen molar-refractivity contribution < 1.29 is 19.2 Å². The summed E-state index contributed by atoms with van der Waals surface area (Å²) in [7, 11) is 0. The first-order valence-electron chi connectivity index (χ1n) is 12.5. The molecule has 1 amide bonds. The van der Waals surface area contributed by atoms with Gasteiger partial charge in [-0.25, -0.2) is 4.68 Å². The van der Waals surface area contributed by atoms with Crippen molar-refractivity contribution >= 4 is 39.1 Å². The molecular weight excluding hydrogens is 522 g/mol. The number of nitrogens with zero attached hydrogens (tertiary/aromatic N) is 6. The topological polar surface area (TPSA) is 138 Å². The normalized spacial score (nSPS) is 14.4. The number of morpholine rings is 1. The lowest BCUT2D eigenvalue weighted by Crippen LogP contribution is -2.38. The molecule has 0 radical (unpaired) electrons. The van der Waals surface area contributed by atoms with Gasteiger partial charge in [0.2, 0.25) is 0 Å². The largest absolute Gasteiger partial charge is 0.462 e. The number of nitro groups is 1. The fourth-order valence-corrected chi connectivity index (χ4v) is 4.86. The van der Waals surface area contributed by atoms with Crippen molar-refractivity contribution in [1.82, 2.24) is 24.6 Å². The van der Waals surface area contributed by atoms with Crippen molar-refractivity contribution in [2.45, 2.75) is 26.2 Å². The second-order valence-electron chi connectivity index (χ2n) is 10.1. The average Bonchev–Trinajstić information content (AvgIpc) is 3.57. The number of hydrogen-bond acceptors (Lipinski definition) is 10. The van der Waals surface area contributed by atoms with Crippen molar-refractivity contribution in [2.75, 3.05) is 44.8 Å². The van der Waals surface area contributed by atoms with E-state index in [0.717, 1.165) is 30.1 Å². The molecule has 1 saturated heterocycles. The molecule has 12 nitrogen and oxygen atoms in total. The summed E-state index contributed by atoms with van der Waals surface area (Å²) in [6.45, 7) is 10.5. The number of carbonyl (C=O) groups excluding carboxylic acids is 1. The highest BCUT2D eigenvalue weighted by Crippen LogP contribution is 2.29. The number of anilines is 1. The van der Waals surface area contributed by atoms with E-state index in [1.807, 2.05) is 12.1 Å². The van der Waals surface area contributed by atoms with Crippen LogP contribution in [-0.4, -0.2) is 74.9 Å². The standard InChI is InChI=1S/C26H29N7O5S/c1-26(2,3)17-4-6-18(7-5-17)32-23-19(16-27-32)22(28-24(34)20-8-9-21(39-20)33(35)36)29-25(30-23)38-15-12-31-10-13-37-14-11-31/h4-9,16H,10-15H2,1-3H3,(H,28,29,30,34).